The Labute approximate surface area is 175 Å². The summed E-state index contributed by atoms with van der Waals surface area (Å²) in [5.74, 6) is -0.573. The fraction of sp³-hybridized carbons (Fsp3) is 0.524. The molecule has 3 amide bonds. The summed E-state index contributed by atoms with van der Waals surface area (Å²) in [6.45, 7) is 6.89. The van der Waals surface area contributed by atoms with E-state index in [-0.39, 0.29) is 24.3 Å². The highest BCUT2D eigenvalue weighted by Gasteiger charge is 2.30. The molecule has 2 heterocycles. The van der Waals surface area contributed by atoms with E-state index in [0.717, 1.165) is 23.7 Å². The van der Waals surface area contributed by atoms with Crippen molar-refractivity contribution in [3.63, 3.8) is 0 Å². The average Bonchev–Trinajstić information content (AvgIpc) is 3.13. The Morgan fingerprint density at radius 2 is 1.93 bits per heavy atom. The Kier molecular flexibility index (Phi) is 6.59. The predicted molar refractivity (Wildman–Crippen MR) is 112 cm³/mol. The molecule has 9 nitrogen and oxygen atoms in total. The zero-order valence-corrected chi connectivity index (χ0v) is 17.7. The monoisotopic (exact) mass is 415 g/mol. The van der Waals surface area contributed by atoms with E-state index in [9.17, 15) is 14.4 Å². The summed E-state index contributed by atoms with van der Waals surface area (Å²) in [4.78, 5) is 38.8. The van der Waals surface area contributed by atoms with Crippen molar-refractivity contribution in [2.45, 2.75) is 39.2 Å². The molecule has 1 aromatic heterocycles. The summed E-state index contributed by atoms with van der Waals surface area (Å²) < 4.78 is 5.15. The molecule has 0 saturated carbocycles. The van der Waals surface area contributed by atoms with Gasteiger partial charge >= 0.3 is 6.09 Å². The normalized spacial score (nSPS) is 16.9. The van der Waals surface area contributed by atoms with Crippen molar-refractivity contribution in [3.8, 4) is 0 Å². The van der Waals surface area contributed by atoms with E-state index in [4.69, 9.17) is 4.74 Å². The van der Waals surface area contributed by atoms with E-state index >= 15 is 0 Å². The Morgan fingerprint density at radius 3 is 2.70 bits per heavy atom. The molecular formula is C21H29N5O4. The number of fused-ring (bicyclic) bond motifs is 1. The molecule has 0 radical (unpaired) electrons. The maximum Gasteiger partial charge on any atom is 0.407 e. The Bertz CT molecular complexity index is 918. The van der Waals surface area contributed by atoms with Gasteiger partial charge in [-0.25, -0.2) is 4.79 Å². The average molecular weight is 415 g/mol. The van der Waals surface area contributed by atoms with E-state index in [0.29, 0.717) is 25.3 Å². The fourth-order valence-corrected chi connectivity index (χ4v) is 3.46. The van der Waals surface area contributed by atoms with Crippen LogP contribution in [0.5, 0.6) is 0 Å². The smallest absolute Gasteiger partial charge is 0.407 e. The molecule has 1 saturated heterocycles. The molecule has 2 aromatic rings. The highest BCUT2D eigenvalue weighted by molar-refractivity contribution is 6.04. The van der Waals surface area contributed by atoms with Gasteiger partial charge in [0.1, 0.15) is 5.60 Å². The molecule has 30 heavy (non-hydrogen) atoms. The molecule has 0 aliphatic carbocycles. The lowest BCUT2D eigenvalue weighted by Gasteiger charge is -2.31. The molecule has 3 N–H and O–H groups in total. The minimum absolute atomic E-state index is 0.120. The van der Waals surface area contributed by atoms with Crippen LogP contribution in [0.1, 0.15) is 44.1 Å². The number of amides is 3. The van der Waals surface area contributed by atoms with Crippen LogP contribution in [0.2, 0.25) is 0 Å². The van der Waals surface area contributed by atoms with Gasteiger partial charge in [0.15, 0.2) is 5.69 Å². The van der Waals surface area contributed by atoms with E-state index in [1.807, 2.05) is 24.3 Å². The third kappa shape index (κ3) is 5.49. The quantitative estimate of drug-likeness (QED) is 0.647. The van der Waals surface area contributed by atoms with E-state index in [2.05, 4.69) is 20.8 Å². The largest absolute Gasteiger partial charge is 0.444 e. The number of carbonyl (C=O) groups excluding carboxylic acids is 3. The molecule has 9 heteroatoms. The molecule has 0 bridgehead atoms. The number of benzene rings is 1. The van der Waals surface area contributed by atoms with Gasteiger partial charge in [-0.05, 0) is 39.7 Å². The summed E-state index contributed by atoms with van der Waals surface area (Å²) in [5, 5.41) is 13.3. The number of hydrogen-bond donors (Lipinski definition) is 3. The molecule has 1 aromatic carbocycles. The lowest BCUT2D eigenvalue weighted by atomic mass is 9.96. The van der Waals surface area contributed by atoms with E-state index < -0.39 is 11.7 Å². The van der Waals surface area contributed by atoms with Crippen LogP contribution in [0, 0.1) is 5.92 Å². The molecule has 3 rings (SSSR count). The Hall–Kier alpha value is -3.10. The first-order valence-electron chi connectivity index (χ1n) is 10.2. The number of ether oxygens (including phenoxy) is 1. The van der Waals surface area contributed by atoms with Gasteiger partial charge in [0.25, 0.3) is 5.91 Å². The summed E-state index contributed by atoms with van der Waals surface area (Å²) >= 11 is 0. The molecule has 0 spiro atoms. The number of H-pyrrole nitrogens is 1. The zero-order valence-electron chi connectivity index (χ0n) is 17.7. The third-order valence-corrected chi connectivity index (χ3v) is 4.84. The predicted octanol–water partition coefficient (Wildman–Crippen LogP) is 2.06. The zero-order chi connectivity index (χ0) is 21.7. The number of piperidine rings is 1. The van der Waals surface area contributed by atoms with Gasteiger partial charge in [0, 0.05) is 31.6 Å². The Balaban J connectivity index is 1.49. The molecular weight excluding hydrogens is 386 g/mol. The topological polar surface area (TPSA) is 116 Å². The van der Waals surface area contributed by atoms with Crippen molar-refractivity contribution in [2.75, 3.05) is 26.2 Å². The van der Waals surface area contributed by atoms with Gasteiger partial charge in [-0.2, -0.15) is 5.10 Å². The number of likely N-dealkylation sites (tertiary alicyclic amines) is 1. The number of nitrogens with zero attached hydrogens (tertiary/aromatic N) is 2. The first-order valence-corrected chi connectivity index (χ1v) is 10.2. The van der Waals surface area contributed by atoms with Gasteiger partial charge in [-0.1, -0.05) is 18.2 Å². The van der Waals surface area contributed by atoms with Gasteiger partial charge in [0.2, 0.25) is 5.91 Å². The second-order valence-corrected chi connectivity index (χ2v) is 8.43. The number of carbonyl (C=O) groups is 3. The second kappa shape index (κ2) is 9.15. The minimum atomic E-state index is -0.564. The van der Waals surface area contributed by atoms with Crippen molar-refractivity contribution in [1.29, 1.82) is 0 Å². The lowest BCUT2D eigenvalue weighted by Crippen LogP contribution is -2.46. The van der Waals surface area contributed by atoms with Crippen LogP contribution >= 0.6 is 0 Å². The number of alkyl carbamates (subject to hydrolysis) is 1. The highest BCUT2D eigenvalue weighted by Crippen LogP contribution is 2.22. The molecule has 1 atom stereocenters. The van der Waals surface area contributed by atoms with Crippen molar-refractivity contribution in [1.82, 2.24) is 25.7 Å². The van der Waals surface area contributed by atoms with Gasteiger partial charge in [-0.3, -0.25) is 14.7 Å². The number of para-hydroxylation sites is 1. The molecule has 1 aliphatic heterocycles. The van der Waals surface area contributed by atoms with Crippen LogP contribution in [0.25, 0.3) is 10.9 Å². The molecule has 1 fully saturated rings. The summed E-state index contributed by atoms with van der Waals surface area (Å²) in [6.07, 6.45) is 0.955. The van der Waals surface area contributed by atoms with E-state index in [1.54, 1.807) is 25.7 Å². The number of rotatable bonds is 5. The fourth-order valence-electron chi connectivity index (χ4n) is 3.46. The van der Waals surface area contributed by atoms with Crippen LogP contribution in [0.15, 0.2) is 24.3 Å². The SMILES string of the molecule is CC(C)(C)OC(=O)NCCNC(=O)C1CCCN(C(=O)c2n[nH]c3ccccc23)C1. The Morgan fingerprint density at radius 1 is 1.20 bits per heavy atom. The number of hydrogen-bond acceptors (Lipinski definition) is 5. The molecule has 1 unspecified atom stereocenters. The summed E-state index contributed by atoms with van der Waals surface area (Å²) in [7, 11) is 0. The van der Waals surface area contributed by atoms with Crippen LogP contribution in [-0.2, 0) is 9.53 Å². The maximum absolute atomic E-state index is 12.9. The number of aromatic amines is 1. The lowest BCUT2D eigenvalue weighted by molar-refractivity contribution is -0.126. The highest BCUT2D eigenvalue weighted by atomic mass is 16.6. The maximum atomic E-state index is 12.9. The second-order valence-electron chi connectivity index (χ2n) is 8.43. The third-order valence-electron chi connectivity index (χ3n) is 4.84. The van der Waals surface area contributed by atoms with Crippen LogP contribution in [-0.4, -0.2) is 64.8 Å². The minimum Gasteiger partial charge on any atom is -0.444 e. The standard InChI is InChI=1S/C21H29N5O4/c1-21(2,3)30-20(29)23-11-10-22-18(27)14-7-6-12-26(13-14)19(28)17-15-8-4-5-9-16(15)24-25-17/h4-5,8-9,14H,6-7,10-13H2,1-3H3,(H,22,27)(H,23,29)(H,24,25). The van der Waals surface area contributed by atoms with Crippen molar-refractivity contribution in [2.24, 2.45) is 5.92 Å². The van der Waals surface area contributed by atoms with Gasteiger partial charge < -0.3 is 20.3 Å². The van der Waals surface area contributed by atoms with Gasteiger partial charge in [-0.15, -0.1) is 0 Å². The molecule has 1 aliphatic rings. The van der Waals surface area contributed by atoms with Crippen molar-refractivity contribution < 1.29 is 19.1 Å². The summed E-state index contributed by atoms with van der Waals surface area (Å²) in [5.41, 5.74) is 0.628. The van der Waals surface area contributed by atoms with Crippen LogP contribution in [0.4, 0.5) is 4.79 Å². The summed E-state index contributed by atoms with van der Waals surface area (Å²) in [6, 6.07) is 7.48. The van der Waals surface area contributed by atoms with Crippen molar-refractivity contribution >= 4 is 28.8 Å². The first-order chi connectivity index (χ1) is 14.2. The van der Waals surface area contributed by atoms with Crippen LogP contribution in [0.3, 0.4) is 0 Å². The molecule has 162 valence electrons. The van der Waals surface area contributed by atoms with Gasteiger partial charge in [0.05, 0.1) is 11.4 Å². The first kappa shape index (κ1) is 21.6. The van der Waals surface area contributed by atoms with Crippen LogP contribution < -0.4 is 10.6 Å². The van der Waals surface area contributed by atoms with Crippen molar-refractivity contribution in [3.05, 3.63) is 30.0 Å². The number of aromatic nitrogens is 2. The van der Waals surface area contributed by atoms with E-state index in [1.165, 1.54) is 0 Å². The number of nitrogens with one attached hydrogen (secondary N) is 3.